The van der Waals surface area contributed by atoms with Crippen LogP contribution in [0.4, 0.5) is 5.82 Å². The summed E-state index contributed by atoms with van der Waals surface area (Å²) in [5.74, 6) is 0.0991. The molecule has 1 aromatic carbocycles. The average Bonchev–Trinajstić information content (AvgIpc) is 2.62. The molecule has 126 valence electrons. The van der Waals surface area contributed by atoms with Gasteiger partial charge in [-0.15, -0.1) is 0 Å². The van der Waals surface area contributed by atoms with Gasteiger partial charge in [0.15, 0.2) is 0 Å². The maximum atomic E-state index is 12.5. The van der Waals surface area contributed by atoms with Crippen LogP contribution in [0.25, 0.3) is 11.3 Å². The minimum Gasteiger partial charge on any atom is -0.309 e. The van der Waals surface area contributed by atoms with Gasteiger partial charge < -0.3 is 5.32 Å². The van der Waals surface area contributed by atoms with Gasteiger partial charge in [0.1, 0.15) is 11.9 Å². The molecule has 0 spiro atoms. The van der Waals surface area contributed by atoms with Crippen LogP contribution in [-0.4, -0.2) is 20.7 Å². The van der Waals surface area contributed by atoms with Crippen LogP contribution in [0.2, 0.25) is 0 Å². The molecule has 25 heavy (non-hydrogen) atoms. The van der Waals surface area contributed by atoms with Crippen molar-refractivity contribution < 1.29 is 4.79 Å². The summed E-state index contributed by atoms with van der Waals surface area (Å²) in [5, 5.41) is 7.06. The summed E-state index contributed by atoms with van der Waals surface area (Å²) in [7, 11) is 0. The number of carbonyl (C=O) groups excluding carboxylic acids is 1. The normalized spacial score (nSPS) is 11.8. The monoisotopic (exact) mass is 334 g/mol. The van der Waals surface area contributed by atoms with Crippen molar-refractivity contribution in [2.75, 3.05) is 5.32 Å². The van der Waals surface area contributed by atoms with Gasteiger partial charge in [-0.25, -0.2) is 9.67 Å². The molecule has 2 aromatic heterocycles. The average molecular weight is 334 g/mol. The number of hydrogen-bond donors (Lipinski definition) is 1. The molecule has 3 rings (SSSR count). The Morgan fingerprint density at radius 2 is 1.88 bits per heavy atom. The van der Waals surface area contributed by atoms with Crippen LogP contribution in [0.3, 0.4) is 0 Å². The van der Waals surface area contributed by atoms with Crippen LogP contribution < -0.4 is 10.9 Å². The lowest BCUT2D eigenvalue weighted by molar-refractivity contribution is -0.119. The van der Waals surface area contributed by atoms with Gasteiger partial charge in [0.2, 0.25) is 5.91 Å². The Hall–Kier alpha value is -3.28. The number of anilines is 1. The van der Waals surface area contributed by atoms with Gasteiger partial charge in [-0.3, -0.25) is 9.59 Å². The van der Waals surface area contributed by atoms with E-state index >= 15 is 0 Å². The maximum absolute atomic E-state index is 12.5. The van der Waals surface area contributed by atoms with Crippen LogP contribution in [-0.2, 0) is 4.79 Å². The molecule has 0 bridgehead atoms. The van der Waals surface area contributed by atoms with E-state index in [0.717, 1.165) is 11.1 Å². The first-order valence-corrected chi connectivity index (χ1v) is 7.93. The fourth-order valence-corrected chi connectivity index (χ4v) is 2.41. The van der Waals surface area contributed by atoms with Crippen molar-refractivity contribution in [1.29, 1.82) is 0 Å². The van der Waals surface area contributed by atoms with E-state index < -0.39 is 6.04 Å². The number of rotatable bonds is 4. The predicted molar refractivity (Wildman–Crippen MR) is 96.2 cm³/mol. The summed E-state index contributed by atoms with van der Waals surface area (Å²) in [6.07, 6.45) is 1.62. The van der Waals surface area contributed by atoms with E-state index in [1.54, 1.807) is 25.3 Å². The summed E-state index contributed by atoms with van der Waals surface area (Å²) >= 11 is 0. The van der Waals surface area contributed by atoms with E-state index in [1.165, 1.54) is 10.7 Å². The van der Waals surface area contributed by atoms with Gasteiger partial charge in [-0.2, -0.15) is 5.10 Å². The molecule has 1 unspecified atom stereocenters. The Bertz CT molecular complexity index is 951. The fraction of sp³-hybridized carbons (Fsp3) is 0.158. The van der Waals surface area contributed by atoms with Crippen molar-refractivity contribution in [3.63, 3.8) is 0 Å². The van der Waals surface area contributed by atoms with Crippen LogP contribution in [0.15, 0.2) is 65.6 Å². The second-order valence-electron chi connectivity index (χ2n) is 5.75. The van der Waals surface area contributed by atoms with E-state index in [-0.39, 0.29) is 11.5 Å². The van der Waals surface area contributed by atoms with Gasteiger partial charge in [0.05, 0.1) is 5.69 Å². The van der Waals surface area contributed by atoms with E-state index in [1.807, 2.05) is 43.3 Å². The standard InChI is InChI=1S/C19H18N4O2/c1-13-10-11-20-17(12-13)21-19(25)14(2)23-18(24)9-8-16(22-23)15-6-4-3-5-7-15/h3-12,14H,1-2H3,(H,20,21,25). The Labute approximate surface area is 145 Å². The minimum absolute atomic E-state index is 0.334. The first-order chi connectivity index (χ1) is 12.0. The van der Waals surface area contributed by atoms with Gasteiger partial charge >= 0.3 is 0 Å². The maximum Gasteiger partial charge on any atom is 0.267 e. The number of carbonyl (C=O) groups is 1. The molecule has 2 heterocycles. The third-order valence-corrected chi connectivity index (χ3v) is 3.81. The first kappa shape index (κ1) is 16.6. The molecule has 6 nitrogen and oxygen atoms in total. The zero-order valence-corrected chi connectivity index (χ0v) is 14.0. The van der Waals surface area contributed by atoms with E-state index in [0.29, 0.717) is 11.5 Å². The van der Waals surface area contributed by atoms with Gasteiger partial charge in [-0.1, -0.05) is 30.3 Å². The van der Waals surface area contributed by atoms with Crippen molar-refractivity contribution >= 4 is 11.7 Å². The van der Waals surface area contributed by atoms with Crippen molar-refractivity contribution in [2.45, 2.75) is 19.9 Å². The molecule has 3 aromatic rings. The Morgan fingerprint density at radius 3 is 2.60 bits per heavy atom. The predicted octanol–water partition coefficient (Wildman–Crippen LogP) is 2.81. The van der Waals surface area contributed by atoms with Crippen LogP contribution in [0, 0.1) is 6.92 Å². The molecule has 6 heteroatoms. The lowest BCUT2D eigenvalue weighted by Crippen LogP contribution is -2.33. The largest absolute Gasteiger partial charge is 0.309 e. The topological polar surface area (TPSA) is 76.9 Å². The highest BCUT2D eigenvalue weighted by Gasteiger charge is 2.18. The number of pyridine rings is 1. The molecule has 0 fully saturated rings. The summed E-state index contributed by atoms with van der Waals surface area (Å²) < 4.78 is 1.19. The molecule has 0 aliphatic heterocycles. The van der Waals surface area contributed by atoms with E-state index in [9.17, 15) is 9.59 Å². The molecule has 0 saturated heterocycles. The Morgan fingerprint density at radius 1 is 1.12 bits per heavy atom. The quantitative estimate of drug-likeness (QED) is 0.796. The lowest BCUT2D eigenvalue weighted by atomic mass is 10.1. The summed E-state index contributed by atoms with van der Waals surface area (Å²) in [6, 6.07) is 15.4. The Kier molecular flexibility index (Phi) is 4.70. The highest BCUT2D eigenvalue weighted by Crippen LogP contribution is 2.16. The smallest absolute Gasteiger partial charge is 0.267 e. The molecule has 0 aliphatic rings. The second kappa shape index (κ2) is 7.09. The molecule has 1 N–H and O–H groups in total. The molecular weight excluding hydrogens is 316 g/mol. The molecular formula is C19H18N4O2. The number of nitrogens with one attached hydrogen (secondary N) is 1. The Balaban J connectivity index is 1.87. The second-order valence-corrected chi connectivity index (χ2v) is 5.75. The third-order valence-electron chi connectivity index (χ3n) is 3.81. The third kappa shape index (κ3) is 3.80. The SMILES string of the molecule is Cc1ccnc(NC(=O)C(C)n2nc(-c3ccccc3)ccc2=O)c1. The number of aryl methyl sites for hydroxylation is 1. The van der Waals surface area contributed by atoms with Gasteiger partial charge in [0, 0.05) is 17.8 Å². The number of benzene rings is 1. The zero-order valence-electron chi connectivity index (χ0n) is 14.0. The summed E-state index contributed by atoms with van der Waals surface area (Å²) in [4.78, 5) is 28.7. The first-order valence-electron chi connectivity index (χ1n) is 7.93. The minimum atomic E-state index is -0.765. The zero-order chi connectivity index (χ0) is 17.8. The lowest BCUT2D eigenvalue weighted by Gasteiger charge is -2.14. The molecule has 1 amide bonds. The van der Waals surface area contributed by atoms with Crippen LogP contribution >= 0.6 is 0 Å². The van der Waals surface area contributed by atoms with Gasteiger partial charge in [-0.05, 0) is 37.6 Å². The van der Waals surface area contributed by atoms with E-state index in [2.05, 4.69) is 15.4 Å². The highest BCUT2D eigenvalue weighted by atomic mass is 16.2. The number of aromatic nitrogens is 3. The molecule has 0 radical (unpaired) electrons. The number of hydrogen-bond acceptors (Lipinski definition) is 4. The van der Waals surface area contributed by atoms with Crippen LogP contribution in [0.5, 0.6) is 0 Å². The van der Waals surface area contributed by atoms with Crippen molar-refractivity contribution in [3.8, 4) is 11.3 Å². The number of nitrogens with zero attached hydrogens (tertiary/aromatic N) is 3. The number of amides is 1. The van der Waals surface area contributed by atoms with E-state index in [4.69, 9.17) is 0 Å². The van der Waals surface area contributed by atoms with Crippen molar-refractivity contribution in [1.82, 2.24) is 14.8 Å². The molecule has 0 aliphatic carbocycles. The summed E-state index contributed by atoms with van der Waals surface area (Å²) in [5.41, 5.74) is 2.16. The molecule has 1 atom stereocenters. The highest BCUT2D eigenvalue weighted by molar-refractivity contribution is 5.92. The summed E-state index contributed by atoms with van der Waals surface area (Å²) in [6.45, 7) is 3.55. The van der Waals surface area contributed by atoms with Crippen LogP contribution in [0.1, 0.15) is 18.5 Å². The van der Waals surface area contributed by atoms with Gasteiger partial charge in [0.25, 0.3) is 5.56 Å². The van der Waals surface area contributed by atoms with Crippen molar-refractivity contribution in [3.05, 3.63) is 76.7 Å². The molecule has 0 saturated carbocycles. The fourth-order valence-electron chi connectivity index (χ4n) is 2.41. The van der Waals surface area contributed by atoms with Crippen molar-refractivity contribution in [2.24, 2.45) is 0 Å².